The summed E-state index contributed by atoms with van der Waals surface area (Å²) in [5.74, 6) is 0.0584. The summed E-state index contributed by atoms with van der Waals surface area (Å²) in [4.78, 5) is 13.3. The Balaban J connectivity index is 2.56. The summed E-state index contributed by atoms with van der Waals surface area (Å²) in [6.45, 7) is 1.83. The molecule has 0 spiro atoms. The first-order chi connectivity index (χ1) is 6.61. The molecule has 14 heavy (non-hydrogen) atoms. The Labute approximate surface area is 82.7 Å². The average Bonchev–Trinajstić information content (AvgIpc) is 2.17. The van der Waals surface area contributed by atoms with Gasteiger partial charge in [-0.25, -0.2) is 0 Å². The molecule has 0 saturated heterocycles. The Morgan fingerprint density at radius 1 is 1.50 bits per heavy atom. The number of amides is 1. The van der Waals surface area contributed by atoms with Gasteiger partial charge in [-0.1, -0.05) is 6.07 Å². The van der Waals surface area contributed by atoms with Crippen LogP contribution in [0.25, 0.3) is 0 Å². The molecule has 0 bridgehead atoms. The van der Waals surface area contributed by atoms with E-state index in [1.165, 1.54) is 0 Å². The van der Waals surface area contributed by atoms with E-state index in [-0.39, 0.29) is 11.9 Å². The fourth-order valence-electron chi connectivity index (χ4n) is 1.68. The van der Waals surface area contributed by atoms with E-state index in [1.54, 1.807) is 11.9 Å². The molecule has 4 heteroatoms. The molecule has 2 rings (SSSR count). The average molecular weight is 191 g/mol. The number of likely N-dealkylation sites (N-methyl/N-ethyl adjacent to an activating group) is 1. The second kappa shape index (κ2) is 2.90. The van der Waals surface area contributed by atoms with Crippen LogP contribution in [0.3, 0.4) is 0 Å². The van der Waals surface area contributed by atoms with E-state index in [4.69, 9.17) is 5.73 Å². The Hall–Kier alpha value is -1.71. The predicted molar refractivity (Wildman–Crippen MR) is 57.3 cm³/mol. The summed E-state index contributed by atoms with van der Waals surface area (Å²) in [6, 6.07) is 5.33. The van der Waals surface area contributed by atoms with Gasteiger partial charge in [-0.15, -0.1) is 0 Å². The van der Waals surface area contributed by atoms with Crippen LogP contribution in [-0.4, -0.2) is 19.0 Å². The highest BCUT2D eigenvalue weighted by atomic mass is 16.2. The first-order valence-corrected chi connectivity index (χ1v) is 4.54. The van der Waals surface area contributed by atoms with E-state index < -0.39 is 0 Å². The van der Waals surface area contributed by atoms with Gasteiger partial charge in [0.15, 0.2) is 0 Å². The number of carbonyl (C=O) groups is 1. The van der Waals surface area contributed by atoms with Crippen LogP contribution < -0.4 is 16.0 Å². The molecule has 1 aromatic rings. The number of nitrogens with zero attached hydrogens (tertiary/aromatic N) is 1. The lowest BCUT2D eigenvalue weighted by molar-refractivity contribution is -0.118. The van der Waals surface area contributed by atoms with Crippen molar-refractivity contribution in [3.05, 3.63) is 18.2 Å². The highest BCUT2D eigenvalue weighted by Crippen LogP contribution is 2.34. The molecule has 1 aromatic carbocycles. The molecule has 1 amide bonds. The van der Waals surface area contributed by atoms with E-state index in [0.29, 0.717) is 5.69 Å². The maximum absolute atomic E-state index is 11.6. The fourth-order valence-corrected chi connectivity index (χ4v) is 1.68. The number of fused-ring (bicyclic) bond motifs is 1. The van der Waals surface area contributed by atoms with Gasteiger partial charge in [-0.2, -0.15) is 0 Å². The monoisotopic (exact) mass is 191 g/mol. The number of nitrogens with two attached hydrogens (primary N) is 1. The lowest BCUT2D eigenvalue weighted by Crippen LogP contribution is -2.43. The molecule has 1 aliphatic heterocycles. The van der Waals surface area contributed by atoms with Crippen LogP contribution in [0.4, 0.5) is 17.1 Å². The zero-order valence-electron chi connectivity index (χ0n) is 8.24. The van der Waals surface area contributed by atoms with Gasteiger partial charge in [-0.3, -0.25) is 4.79 Å². The van der Waals surface area contributed by atoms with Gasteiger partial charge >= 0.3 is 0 Å². The van der Waals surface area contributed by atoms with E-state index in [2.05, 4.69) is 5.32 Å². The molecular formula is C10H13N3O. The smallest absolute Gasteiger partial charge is 0.248 e. The minimum absolute atomic E-state index is 0.0584. The maximum Gasteiger partial charge on any atom is 0.248 e. The molecule has 0 aliphatic carbocycles. The zero-order chi connectivity index (χ0) is 10.3. The molecular weight excluding hydrogens is 178 g/mol. The van der Waals surface area contributed by atoms with E-state index >= 15 is 0 Å². The van der Waals surface area contributed by atoms with Crippen molar-refractivity contribution in [3.63, 3.8) is 0 Å². The van der Waals surface area contributed by atoms with Crippen molar-refractivity contribution in [3.8, 4) is 0 Å². The summed E-state index contributed by atoms with van der Waals surface area (Å²) < 4.78 is 0. The van der Waals surface area contributed by atoms with E-state index in [9.17, 15) is 4.79 Å². The van der Waals surface area contributed by atoms with Crippen LogP contribution in [0, 0.1) is 0 Å². The number of benzene rings is 1. The van der Waals surface area contributed by atoms with Crippen molar-refractivity contribution in [1.29, 1.82) is 0 Å². The number of anilines is 3. The van der Waals surface area contributed by atoms with Gasteiger partial charge in [0.1, 0.15) is 6.04 Å². The van der Waals surface area contributed by atoms with Crippen LogP contribution in [-0.2, 0) is 4.79 Å². The van der Waals surface area contributed by atoms with Crippen LogP contribution in [0.5, 0.6) is 0 Å². The molecule has 1 atom stereocenters. The first-order valence-electron chi connectivity index (χ1n) is 4.54. The predicted octanol–water partition coefficient (Wildman–Crippen LogP) is 1.05. The molecule has 0 saturated carbocycles. The second-order valence-corrected chi connectivity index (χ2v) is 3.50. The van der Waals surface area contributed by atoms with Gasteiger partial charge in [0, 0.05) is 7.05 Å². The van der Waals surface area contributed by atoms with Gasteiger partial charge in [0.2, 0.25) is 5.91 Å². The van der Waals surface area contributed by atoms with Crippen LogP contribution in [0.1, 0.15) is 6.92 Å². The number of nitrogens with one attached hydrogen (secondary N) is 1. The van der Waals surface area contributed by atoms with Crippen LogP contribution in [0.2, 0.25) is 0 Å². The van der Waals surface area contributed by atoms with Crippen molar-refractivity contribution in [2.45, 2.75) is 13.0 Å². The molecule has 0 aromatic heterocycles. The van der Waals surface area contributed by atoms with Crippen molar-refractivity contribution in [1.82, 2.24) is 0 Å². The third-order valence-electron chi connectivity index (χ3n) is 2.50. The lowest BCUT2D eigenvalue weighted by atomic mass is 10.1. The van der Waals surface area contributed by atoms with Gasteiger partial charge < -0.3 is 16.0 Å². The van der Waals surface area contributed by atoms with Crippen molar-refractivity contribution in [2.24, 2.45) is 0 Å². The number of hydrogen-bond acceptors (Lipinski definition) is 3. The van der Waals surface area contributed by atoms with E-state index in [1.807, 2.05) is 25.1 Å². The number of hydrogen-bond donors (Lipinski definition) is 2. The zero-order valence-corrected chi connectivity index (χ0v) is 8.24. The molecule has 3 N–H and O–H groups in total. The molecule has 74 valence electrons. The minimum Gasteiger partial charge on any atom is -0.397 e. The summed E-state index contributed by atoms with van der Waals surface area (Å²) >= 11 is 0. The summed E-state index contributed by atoms with van der Waals surface area (Å²) in [5.41, 5.74) is 8.18. The number of nitrogen functional groups attached to an aromatic ring is 1. The third-order valence-corrected chi connectivity index (χ3v) is 2.50. The largest absolute Gasteiger partial charge is 0.397 e. The number of para-hydroxylation sites is 1. The number of rotatable bonds is 0. The van der Waals surface area contributed by atoms with Gasteiger partial charge in [-0.05, 0) is 19.1 Å². The number of carbonyl (C=O) groups excluding carboxylic acids is 1. The van der Waals surface area contributed by atoms with Crippen molar-refractivity contribution in [2.75, 3.05) is 23.0 Å². The summed E-state index contributed by atoms with van der Waals surface area (Å²) in [6.07, 6.45) is 0. The third kappa shape index (κ3) is 1.11. The molecule has 1 aliphatic rings. The Morgan fingerprint density at radius 2 is 2.21 bits per heavy atom. The van der Waals surface area contributed by atoms with Gasteiger partial charge in [0.05, 0.1) is 17.1 Å². The quantitative estimate of drug-likeness (QED) is 0.602. The highest BCUT2D eigenvalue weighted by molar-refractivity contribution is 6.06. The molecule has 0 fully saturated rings. The Bertz CT molecular complexity index is 389. The lowest BCUT2D eigenvalue weighted by Gasteiger charge is -2.31. The normalized spacial score (nSPS) is 20.3. The summed E-state index contributed by atoms with van der Waals surface area (Å²) in [5, 5.41) is 3.09. The molecule has 1 heterocycles. The molecule has 0 radical (unpaired) electrons. The minimum atomic E-state index is -0.211. The Morgan fingerprint density at radius 3 is 2.93 bits per heavy atom. The fraction of sp³-hybridized carbons (Fsp3) is 0.300. The topological polar surface area (TPSA) is 58.4 Å². The van der Waals surface area contributed by atoms with Crippen molar-refractivity contribution >= 4 is 23.0 Å². The Kier molecular flexibility index (Phi) is 1.84. The van der Waals surface area contributed by atoms with E-state index in [0.717, 1.165) is 11.4 Å². The van der Waals surface area contributed by atoms with Gasteiger partial charge in [0.25, 0.3) is 0 Å². The van der Waals surface area contributed by atoms with Crippen LogP contribution >= 0.6 is 0 Å². The first kappa shape index (κ1) is 8.87. The maximum atomic E-state index is 11.6. The standard InChI is InChI=1S/C10H13N3O/c1-6-10(14)13(2)8-5-3-4-7(11)9(8)12-6/h3-6,12H,11H2,1-2H3. The second-order valence-electron chi connectivity index (χ2n) is 3.50. The SMILES string of the molecule is CC1Nc2c(N)cccc2N(C)C1=O. The highest BCUT2D eigenvalue weighted by Gasteiger charge is 2.27. The molecule has 1 unspecified atom stereocenters. The summed E-state index contributed by atoms with van der Waals surface area (Å²) in [7, 11) is 1.76. The molecule has 4 nitrogen and oxygen atoms in total. The van der Waals surface area contributed by atoms with Crippen molar-refractivity contribution < 1.29 is 4.79 Å². The van der Waals surface area contributed by atoms with Crippen LogP contribution in [0.15, 0.2) is 18.2 Å².